The van der Waals surface area contributed by atoms with E-state index in [0.29, 0.717) is 24.6 Å². The maximum atomic E-state index is 13.5. The molecule has 2 aromatic rings. The molecular formula is C24H32F2N4O. The van der Waals surface area contributed by atoms with Crippen LogP contribution in [0, 0.1) is 11.6 Å². The van der Waals surface area contributed by atoms with Gasteiger partial charge in [-0.05, 0) is 55.5 Å². The van der Waals surface area contributed by atoms with Crippen LogP contribution in [-0.2, 0) is 13.1 Å². The summed E-state index contributed by atoms with van der Waals surface area (Å²) < 4.78 is 26.7. The van der Waals surface area contributed by atoms with Crippen LogP contribution in [0.4, 0.5) is 8.78 Å². The van der Waals surface area contributed by atoms with Crippen molar-refractivity contribution < 1.29 is 13.9 Å². The van der Waals surface area contributed by atoms with Gasteiger partial charge < -0.3 is 15.7 Å². The summed E-state index contributed by atoms with van der Waals surface area (Å²) in [6.45, 7) is 7.83. The fourth-order valence-corrected chi connectivity index (χ4v) is 3.65. The minimum Gasteiger partial charge on any atom is -0.393 e. The summed E-state index contributed by atoms with van der Waals surface area (Å²) in [4.78, 5) is 7.00. The molecule has 0 bridgehead atoms. The highest BCUT2D eigenvalue weighted by Crippen LogP contribution is 2.17. The Labute approximate surface area is 183 Å². The van der Waals surface area contributed by atoms with Crippen molar-refractivity contribution in [2.45, 2.75) is 51.9 Å². The number of nitrogens with zero attached hydrogens (tertiary/aromatic N) is 2. The Morgan fingerprint density at radius 2 is 1.77 bits per heavy atom. The van der Waals surface area contributed by atoms with Crippen molar-refractivity contribution in [3.8, 4) is 0 Å². The summed E-state index contributed by atoms with van der Waals surface area (Å²) in [7, 11) is 0. The third-order valence-corrected chi connectivity index (χ3v) is 5.55. The molecule has 1 saturated heterocycles. The molecule has 1 aliphatic heterocycles. The van der Waals surface area contributed by atoms with E-state index in [-0.39, 0.29) is 12.1 Å². The average molecular weight is 431 g/mol. The molecule has 0 radical (unpaired) electrons. The molecule has 1 fully saturated rings. The van der Waals surface area contributed by atoms with Crippen molar-refractivity contribution in [3.05, 3.63) is 70.8 Å². The van der Waals surface area contributed by atoms with E-state index < -0.39 is 11.6 Å². The van der Waals surface area contributed by atoms with E-state index >= 15 is 0 Å². The molecule has 0 aliphatic carbocycles. The lowest BCUT2D eigenvalue weighted by molar-refractivity contribution is 0.0792. The summed E-state index contributed by atoms with van der Waals surface area (Å²) in [6, 6.07) is 12.1. The summed E-state index contributed by atoms with van der Waals surface area (Å²) in [6.07, 6.45) is 1.53. The number of rotatable bonds is 7. The molecule has 7 heteroatoms. The fourth-order valence-electron chi connectivity index (χ4n) is 3.65. The van der Waals surface area contributed by atoms with E-state index in [1.165, 1.54) is 11.6 Å². The third kappa shape index (κ3) is 7.01. The van der Waals surface area contributed by atoms with Gasteiger partial charge >= 0.3 is 0 Å². The summed E-state index contributed by atoms with van der Waals surface area (Å²) in [5.74, 6) is -1.08. The number of piperidine rings is 1. The summed E-state index contributed by atoms with van der Waals surface area (Å²) in [5, 5.41) is 16.1. The van der Waals surface area contributed by atoms with E-state index in [0.717, 1.165) is 44.1 Å². The lowest BCUT2D eigenvalue weighted by Gasteiger charge is -2.29. The Bertz CT molecular complexity index is 864. The van der Waals surface area contributed by atoms with Gasteiger partial charge in [0.15, 0.2) is 17.6 Å². The molecule has 3 N–H and O–H groups in total. The fraction of sp³-hybridized carbons (Fsp3) is 0.458. The van der Waals surface area contributed by atoms with E-state index in [1.54, 1.807) is 6.07 Å². The molecule has 168 valence electrons. The minimum absolute atomic E-state index is 0.152. The van der Waals surface area contributed by atoms with Crippen molar-refractivity contribution in [2.24, 2.45) is 4.99 Å². The van der Waals surface area contributed by atoms with Gasteiger partial charge in [-0.1, -0.05) is 30.3 Å². The van der Waals surface area contributed by atoms with E-state index in [2.05, 4.69) is 44.8 Å². The van der Waals surface area contributed by atoms with Crippen LogP contribution in [0.2, 0.25) is 0 Å². The van der Waals surface area contributed by atoms with Crippen LogP contribution >= 0.6 is 0 Å². The second-order valence-corrected chi connectivity index (χ2v) is 8.06. The first-order valence-corrected chi connectivity index (χ1v) is 10.9. The molecule has 1 heterocycles. The largest absolute Gasteiger partial charge is 0.393 e. The molecule has 0 aromatic heterocycles. The first-order valence-electron chi connectivity index (χ1n) is 10.9. The first kappa shape index (κ1) is 23.2. The van der Waals surface area contributed by atoms with Crippen molar-refractivity contribution in [3.63, 3.8) is 0 Å². The smallest absolute Gasteiger partial charge is 0.192 e. The Kier molecular flexibility index (Phi) is 8.37. The zero-order valence-corrected chi connectivity index (χ0v) is 18.2. The van der Waals surface area contributed by atoms with Gasteiger partial charge in [-0.25, -0.2) is 13.8 Å². The predicted molar refractivity (Wildman–Crippen MR) is 120 cm³/mol. The number of aliphatic hydroxyl groups is 1. The van der Waals surface area contributed by atoms with Crippen LogP contribution < -0.4 is 10.6 Å². The number of aliphatic imine (C=N–C) groups is 1. The summed E-state index contributed by atoms with van der Waals surface area (Å²) in [5.41, 5.74) is 3.00. The summed E-state index contributed by atoms with van der Waals surface area (Å²) >= 11 is 0. The molecule has 1 unspecified atom stereocenters. The van der Waals surface area contributed by atoms with Gasteiger partial charge in [0.05, 0.1) is 18.7 Å². The highest BCUT2D eigenvalue weighted by molar-refractivity contribution is 5.80. The van der Waals surface area contributed by atoms with Crippen molar-refractivity contribution in [1.82, 2.24) is 15.5 Å². The maximum absolute atomic E-state index is 13.5. The number of nitrogens with one attached hydrogen (secondary N) is 2. The molecule has 0 amide bonds. The van der Waals surface area contributed by atoms with Gasteiger partial charge in [-0.3, -0.25) is 4.90 Å². The van der Waals surface area contributed by atoms with Crippen LogP contribution in [0.15, 0.2) is 47.5 Å². The SMILES string of the molecule is CCNC(=NCc1ccc(CN2CCC(O)CC2)cc1)NC(C)c1ccc(F)c(F)c1. The van der Waals surface area contributed by atoms with Crippen LogP contribution in [0.1, 0.15) is 49.4 Å². The average Bonchev–Trinajstić information content (AvgIpc) is 2.76. The zero-order chi connectivity index (χ0) is 22.2. The molecule has 1 atom stereocenters. The second kappa shape index (κ2) is 11.2. The predicted octanol–water partition coefficient (Wildman–Crippen LogP) is 3.74. The van der Waals surface area contributed by atoms with Gasteiger partial charge in [-0.2, -0.15) is 0 Å². The van der Waals surface area contributed by atoms with Crippen LogP contribution in [0.25, 0.3) is 0 Å². The third-order valence-electron chi connectivity index (χ3n) is 5.55. The van der Waals surface area contributed by atoms with Crippen molar-refractivity contribution >= 4 is 5.96 Å². The molecule has 1 aliphatic rings. The highest BCUT2D eigenvalue weighted by Gasteiger charge is 2.16. The lowest BCUT2D eigenvalue weighted by Crippen LogP contribution is -2.38. The maximum Gasteiger partial charge on any atom is 0.192 e. The Morgan fingerprint density at radius 3 is 2.42 bits per heavy atom. The van der Waals surface area contributed by atoms with Crippen LogP contribution in [0.5, 0.6) is 0 Å². The normalized spacial score (nSPS) is 16.9. The number of likely N-dealkylation sites (tertiary alicyclic amines) is 1. The molecule has 5 nitrogen and oxygen atoms in total. The zero-order valence-electron chi connectivity index (χ0n) is 18.2. The van der Waals surface area contributed by atoms with Gasteiger partial charge in [0, 0.05) is 26.2 Å². The Morgan fingerprint density at radius 1 is 1.10 bits per heavy atom. The standard InChI is InChI=1S/C24H32F2N4O/c1-3-27-24(29-17(2)20-8-9-22(25)23(26)14-20)28-15-18-4-6-19(7-5-18)16-30-12-10-21(31)11-13-30/h4-9,14,17,21,31H,3,10-13,15-16H2,1-2H3,(H2,27,28,29). The molecule has 0 saturated carbocycles. The van der Waals surface area contributed by atoms with Gasteiger partial charge in [0.1, 0.15) is 0 Å². The van der Waals surface area contributed by atoms with Gasteiger partial charge in [-0.15, -0.1) is 0 Å². The monoisotopic (exact) mass is 430 g/mol. The van der Waals surface area contributed by atoms with Gasteiger partial charge in [0.25, 0.3) is 0 Å². The first-order chi connectivity index (χ1) is 14.9. The quantitative estimate of drug-likeness (QED) is 0.463. The molecular weight excluding hydrogens is 398 g/mol. The van der Waals surface area contributed by atoms with Crippen molar-refractivity contribution in [1.29, 1.82) is 0 Å². The molecule has 2 aromatic carbocycles. The molecule has 0 spiro atoms. The highest BCUT2D eigenvalue weighted by atomic mass is 19.2. The number of halogens is 2. The number of hydrogen-bond donors (Lipinski definition) is 3. The number of aliphatic hydroxyl groups excluding tert-OH is 1. The number of guanidine groups is 1. The van der Waals surface area contributed by atoms with Crippen LogP contribution in [0.3, 0.4) is 0 Å². The van der Waals surface area contributed by atoms with Crippen LogP contribution in [-0.4, -0.2) is 41.7 Å². The number of benzene rings is 2. The van der Waals surface area contributed by atoms with Gasteiger partial charge in [0.2, 0.25) is 0 Å². The molecule has 31 heavy (non-hydrogen) atoms. The lowest BCUT2D eigenvalue weighted by atomic mass is 10.1. The Hall–Kier alpha value is -2.51. The Balaban J connectivity index is 1.57. The van der Waals surface area contributed by atoms with E-state index in [4.69, 9.17) is 0 Å². The minimum atomic E-state index is -0.853. The number of hydrogen-bond acceptors (Lipinski definition) is 3. The second-order valence-electron chi connectivity index (χ2n) is 8.06. The topological polar surface area (TPSA) is 59.9 Å². The van der Waals surface area contributed by atoms with Crippen molar-refractivity contribution in [2.75, 3.05) is 19.6 Å². The van der Waals surface area contributed by atoms with E-state index in [1.807, 2.05) is 13.8 Å². The molecule has 3 rings (SSSR count). The van der Waals surface area contributed by atoms with E-state index in [9.17, 15) is 13.9 Å².